The Kier molecular flexibility index (Phi) is 4.06. The van der Waals surface area contributed by atoms with Crippen LogP contribution in [0.1, 0.15) is 10.4 Å². The van der Waals surface area contributed by atoms with Crippen molar-refractivity contribution in [1.82, 2.24) is 5.32 Å². The summed E-state index contributed by atoms with van der Waals surface area (Å²) in [6.45, 7) is 1.59. The van der Waals surface area contributed by atoms with Crippen LogP contribution in [0.15, 0.2) is 27.7 Å². The number of benzene rings is 1. The molecule has 6 heteroatoms. The third kappa shape index (κ3) is 3.23. The Labute approximate surface area is 112 Å². The topological polar surface area (TPSA) is 61.7 Å². The molecule has 17 heavy (non-hydrogen) atoms. The van der Waals surface area contributed by atoms with Crippen LogP contribution in [0.3, 0.4) is 0 Å². The quantitative estimate of drug-likeness (QED) is 0.838. The Morgan fingerprint density at radius 3 is 3.12 bits per heavy atom. The number of aliphatic imine (C=N–C) groups is 1. The fourth-order valence-corrected chi connectivity index (χ4v) is 2.59. The number of ketones is 1. The number of Topliss-reactive ketones (excluding diaryl/α,β-unsaturated/α-hetero) is 1. The van der Waals surface area contributed by atoms with E-state index in [1.54, 1.807) is 12.1 Å². The predicted molar refractivity (Wildman–Crippen MR) is 72.9 cm³/mol. The van der Waals surface area contributed by atoms with Crippen LogP contribution in [-0.4, -0.2) is 34.9 Å². The summed E-state index contributed by atoms with van der Waals surface area (Å²) in [6, 6.07) is 4.83. The lowest BCUT2D eigenvalue weighted by atomic mass is 10.1. The van der Waals surface area contributed by atoms with Crippen molar-refractivity contribution < 1.29 is 9.90 Å². The number of thioether (sulfide) groups is 1. The Bertz CT molecular complexity index is 477. The molecule has 1 heterocycles. The van der Waals surface area contributed by atoms with E-state index in [1.807, 2.05) is 0 Å². The normalized spacial score (nSPS) is 14.3. The lowest BCUT2D eigenvalue weighted by molar-refractivity contribution is 0.102. The first-order valence-electron chi connectivity index (χ1n) is 5.09. The number of hydrogen-bond acceptors (Lipinski definition) is 5. The highest BCUT2D eigenvalue weighted by atomic mass is 79.9. The summed E-state index contributed by atoms with van der Waals surface area (Å²) in [5.41, 5.74) is 0.338. The number of nitrogens with zero attached hydrogens (tertiary/aromatic N) is 1. The minimum Gasteiger partial charge on any atom is -0.507 e. The minimum absolute atomic E-state index is 0.0140. The van der Waals surface area contributed by atoms with Gasteiger partial charge in [0.15, 0.2) is 11.0 Å². The molecule has 0 atom stereocenters. The van der Waals surface area contributed by atoms with Crippen LogP contribution in [-0.2, 0) is 0 Å². The van der Waals surface area contributed by atoms with Crippen LogP contribution in [0.2, 0.25) is 0 Å². The number of rotatable bonds is 3. The minimum atomic E-state index is -0.106. The zero-order chi connectivity index (χ0) is 12.3. The zero-order valence-electron chi connectivity index (χ0n) is 8.94. The van der Waals surface area contributed by atoms with E-state index in [-0.39, 0.29) is 17.3 Å². The van der Waals surface area contributed by atoms with Gasteiger partial charge in [-0.1, -0.05) is 27.7 Å². The van der Waals surface area contributed by atoms with Crippen LogP contribution < -0.4 is 5.32 Å². The van der Waals surface area contributed by atoms with Gasteiger partial charge in [0.2, 0.25) is 0 Å². The average molecular weight is 315 g/mol. The van der Waals surface area contributed by atoms with Gasteiger partial charge in [0.25, 0.3) is 0 Å². The van der Waals surface area contributed by atoms with Gasteiger partial charge in [-0.05, 0) is 18.2 Å². The van der Waals surface area contributed by atoms with Crippen LogP contribution in [0.4, 0.5) is 0 Å². The van der Waals surface area contributed by atoms with Gasteiger partial charge in [-0.3, -0.25) is 9.79 Å². The average Bonchev–Trinajstić information content (AvgIpc) is 2.82. The number of carbonyl (C=O) groups is 1. The molecule has 0 saturated carbocycles. The van der Waals surface area contributed by atoms with E-state index in [0.29, 0.717) is 5.56 Å². The van der Waals surface area contributed by atoms with E-state index in [1.165, 1.54) is 17.8 Å². The summed E-state index contributed by atoms with van der Waals surface area (Å²) in [4.78, 5) is 16.1. The van der Waals surface area contributed by atoms with E-state index in [9.17, 15) is 9.90 Å². The Hall–Kier alpha value is -1.01. The first kappa shape index (κ1) is 12.4. The van der Waals surface area contributed by atoms with Gasteiger partial charge >= 0.3 is 0 Å². The molecule has 0 saturated heterocycles. The van der Waals surface area contributed by atoms with Crippen LogP contribution >= 0.6 is 27.7 Å². The lowest BCUT2D eigenvalue weighted by Gasteiger charge is -2.04. The molecule has 0 aromatic heterocycles. The molecule has 1 aliphatic heterocycles. The summed E-state index contributed by atoms with van der Waals surface area (Å²) >= 11 is 4.64. The number of carbonyl (C=O) groups excluding carboxylic acids is 1. The van der Waals surface area contributed by atoms with Crippen molar-refractivity contribution in [3.05, 3.63) is 28.2 Å². The van der Waals surface area contributed by atoms with Gasteiger partial charge in [-0.25, -0.2) is 0 Å². The summed E-state index contributed by atoms with van der Waals surface area (Å²) in [5.74, 6) is 0.181. The van der Waals surface area contributed by atoms with E-state index in [0.717, 1.165) is 22.7 Å². The van der Waals surface area contributed by atoms with Gasteiger partial charge in [0, 0.05) is 11.0 Å². The van der Waals surface area contributed by atoms with E-state index in [4.69, 9.17) is 0 Å². The summed E-state index contributed by atoms with van der Waals surface area (Å²) < 4.78 is 0.778. The second kappa shape index (κ2) is 5.55. The molecule has 0 fully saturated rings. The molecule has 90 valence electrons. The van der Waals surface area contributed by atoms with Crippen molar-refractivity contribution in [3.8, 4) is 5.75 Å². The fourth-order valence-electron chi connectivity index (χ4n) is 1.42. The van der Waals surface area contributed by atoms with Gasteiger partial charge in [-0.15, -0.1) is 0 Å². The van der Waals surface area contributed by atoms with Crippen LogP contribution in [0.5, 0.6) is 5.75 Å². The molecule has 0 aliphatic carbocycles. The fraction of sp³-hybridized carbons (Fsp3) is 0.273. The van der Waals surface area contributed by atoms with Crippen molar-refractivity contribution in [2.45, 2.75) is 0 Å². The molecule has 0 bridgehead atoms. The SMILES string of the molecule is O=C(CSC1=NCCN1)c1cc(Br)ccc1O. The lowest BCUT2D eigenvalue weighted by Crippen LogP contribution is -2.17. The standard InChI is InChI=1S/C11H11BrN2O2S/c12-7-1-2-9(15)8(5-7)10(16)6-17-11-13-3-4-14-11/h1-2,5,15H,3-4,6H2,(H,13,14). The number of phenolic OH excluding ortho intramolecular Hbond substituents is 1. The first-order valence-corrected chi connectivity index (χ1v) is 6.87. The van der Waals surface area contributed by atoms with Gasteiger partial charge < -0.3 is 10.4 Å². The number of phenols is 1. The number of hydrogen-bond donors (Lipinski definition) is 2. The molecule has 4 nitrogen and oxygen atoms in total. The van der Waals surface area contributed by atoms with E-state index >= 15 is 0 Å². The second-order valence-electron chi connectivity index (χ2n) is 3.49. The Morgan fingerprint density at radius 2 is 2.41 bits per heavy atom. The molecule has 2 rings (SSSR count). The van der Waals surface area contributed by atoms with Crippen LogP contribution in [0.25, 0.3) is 0 Å². The third-order valence-electron chi connectivity index (χ3n) is 2.24. The summed E-state index contributed by atoms with van der Waals surface area (Å²) in [6.07, 6.45) is 0. The number of amidine groups is 1. The molecule has 1 aromatic carbocycles. The molecule has 1 aliphatic rings. The van der Waals surface area contributed by atoms with Crippen molar-refractivity contribution in [2.75, 3.05) is 18.8 Å². The molecule has 0 amide bonds. The van der Waals surface area contributed by atoms with E-state index in [2.05, 4.69) is 26.2 Å². The monoisotopic (exact) mass is 314 g/mol. The maximum absolute atomic E-state index is 11.9. The van der Waals surface area contributed by atoms with Crippen molar-refractivity contribution in [1.29, 1.82) is 0 Å². The molecule has 0 spiro atoms. The number of aromatic hydroxyl groups is 1. The molecule has 0 radical (unpaired) electrons. The predicted octanol–water partition coefficient (Wildman–Crippen LogP) is 2.03. The highest BCUT2D eigenvalue weighted by Gasteiger charge is 2.14. The van der Waals surface area contributed by atoms with Crippen LogP contribution in [0, 0.1) is 0 Å². The molecule has 0 unspecified atom stereocenters. The summed E-state index contributed by atoms with van der Waals surface area (Å²) in [5, 5.41) is 13.5. The molecular formula is C11H11BrN2O2S. The third-order valence-corrected chi connectivity index (χ3v) is 3.69. The van der Waals surface area contributed by atoms with Crippen molar-refractivity contribution in [2.24, 2.45) is 4.99 Å². The smallest absolute Gasteiger partial charge is 0.176 e. The molecular weight excluding hydrogens is 304 g/mol. The largest absolute Gasteiger partial charge is 0.507 e. The second-order valence-corrected chi connectivity index (χ2v) is 5.37. The molecule has 2 N–H and O–H groups in total. The highest BCUT2D eigenvalue weighted by molar-refractivity contribution is 9.10. The Balaban J connectivity index is 2.01. The number of halogens is 1. The van der Waals surface area contributed by atoms with Crippen molar-refractivity contribution in [3.63, 3.8) is 0 Å². The summed E-state index contributed by atoms with van der Waals surface area (Å²) in [7, 11) is 0. The molecule has 1 aromatic rings. The van der Waals surface area contributed by atoms with Gasteiger partial charge in [0.1, 0.15) is 5.75 Å². The van der Waals surface area contributed by atoms with Crippen molar-refractivity contribution >= 4 is 38.6 Å². The highest BCUT2D eigenvalue weighted by Crippen LogP contribution is 2.23. The van der Waals surface area contributed by atoms with Gasteiger partial charge in [0.05, 0.1) is 17.9 Å². The van der Waals surface area contributed by atoms with E-state index < -0.39 is 0 Å². The number of nitrogens with one attached hydrogen (secondary N) is 1. The van der Waals surface area contributed by atoms with Gasteiger partial charge in [-0.2, -0.15) is 0 Å². The zero-order valence-corrected chi connectivity index (χ0v) is 11.3. The maximum Gasteiger partial charge on any atom is 0.176 e. The maximum atomic E-state index is 11.9. The Morgan fingerprint density at radius 1 is 1.59 bits per heavy atom. The first-order chi connectivity index (χ1) is 8.16.